The van der Waals surface area contributed by atoms with E-state index in [2.05, 4.69) is 21.2 Å². The molecule has 0 aliphatic carbocycles. The highest BCUT2D eigenvalue weighted by atomic mass is 79.9. The van der Waals surface area contributed by atoms with Crippen molar-refractivity contribution in [1.82, 2.24) is 5.32 Å². The molecule has 5 nitrogen and oxygen atoms in total. The highest BCUT2D eigenvalue weighted by Gasteiger charge is 2.35. The van der Waals surface area contributed by atoms with Gasteiger partial charge in [0.2, 0.25) is 0 Å². The SMILES string of the molecule is CC(Cc1ccc(Br)cc1)(NC(=O)OCc1ccccc1)C(=O)O. The van der Waals surface area contributed by atoms with Crippen molar-refractivity contribution < 1.29 is 19.4 Å². The lowest BCUT2D eigenvalue weighted by Gasteiger charge is -2.26. The van der Waals surface area contributed by atoms with Crippen molar-refractivity contribution in [3.63, 3.8) is 0 Å². The third kappa shape index (κ3) is 5.09. The second-order valence-electron chi connectivity index (χ2n) is 5.63. The van der Waals surface area contributed by atoms with Gasteiger partial charge in [-0.3, -0.25) is 0 Å². The molecule has 1 atom stereocenters. The zero-order valence-electron chi connectivity index (χ0n) is 13.2. The minimum absolute atomic E-state index is 0.0840. The molecule has 0 radical (unpaired) electrons. The second kappa shape index (κ2) is 7.97. The first kappa shape index (κ1) is 18.0. The molecule has 0 fully saturated rings. The van der Waals surface area contributed by atoms with Crippen LogP contribution in [0.25, 0.3) is 0 Å². The van der Waals surface area contributed by atoms with Crippen molar-refractivity contribution in [2.75, 3.05) is 0 Å². The maximum Gasteiger partial charge on any atom is 0.408 e. The van der Waals surface area contributed by atoms with E-state index in [0.717, 1.165) is 15.6 Å². The fourth-order valence-electron chi connectivity index (χ4n) is 2.17. The van der Waals surface area contributed by atoms with Crippen LogP contribution in [0.2, 0.25) is 0 Å². The third-order valence-electron chi connectivity index (χ3n) is 3.53. The summed E-state index contributed by atoms with van der Waals surface area (Å²) >= 11 is 3.33. The lowest BCUT2D eigenvalue weighted by molar-refractivity contribution is -0.143. The highest BCUT2D eigenvalue weighted by molar-refractivity contribution is 9.10. The van der Waals surface area contributed by atoms with E-state index in [9.17, 15) is 14.7 Å². The molecule has 2 aromatic carbocycles. The molecule has 0 aromatic heterocycles. The van der Waals surface area contributed by atoms with Gasteiger partial charge < -0.3 is 15.2 Å². The Kier molecular flexibility index (Phi) is 5.98. The number of halogens is 1. The molecule has 0 spiro atoms. The van der Waals surface area contributed by atoms with Crippen molar-refractivity contribution in [1.29, 1.82) is 0 Å². The molecule has 24 heavy (non-hydrogen) atoms. The second-order valence-corrected chi connectivity index (χ2v) is 6.54. The molecule has 2 rings (SSSR count). The number of carboxylic acid groups (broad SMARTS) is 1. The Morgan fingerprint density at radius 2 is 1.71 bits per heavy atom. The fourth-order valence-corrected chi connectivity index (χ4v) is 2.43. The summed E-state index contributed by atoms with van der Waals surface area (Å²) in [5, 5.41) is 12.0. The molecule has 1 amide bonds. The van der Waals surface area contributed by atoms with Crippen LogP contribution in [0, 0.1) is 0 Å². The smallest absolute Gasteiger partial charge is 0.408 e. The van der Waals surface area contributed by atoms with Gasteiger partial charge in [0.1, 0.15) is 12.1 Å². The van der Waals surface area contributed by atoms with E-state index in [4.69, 9.17) is 4.74 Å². The Morgan fingerprint density at radius 1 is 1.08 bits per heavy atom. The van der Waals surface area contributed by atoms with Crippen LogP contribution in [0.15, 0.2) is 59.1 Å². The predicted molar refractivity (Wildman–Crippen MR) is 93.6 cm³/mol. The van der Waals surface area contributed by atoms with Crippen LogP contribution >= 0.6 is 15.9 Å². The van der Waals surface area contributed by atoms with Gasteiger partial charge in [0, 0.05) is 10.9 Å². The number of benzene rings is 2. The minimum Gasteiger partial charge on any atom is -0.480 e. The number of rotatable bonds is 6. The number of alkyl carbamates (subject to hydrolysis) is 1. The molecule has 2 aromatic rings. The van der Waals surface area contributed by atoms with Gasteiger partial charge in [0.25, 0.3) is 0 Å². The predicted octanol–water partition coefficient (Wildman–Crippen LogP) is 3.76. The third-order valence-corrected chi connectivity index (χ3v) is 4.06. The molecule has 1 unspecified atom stereocenters. The van der Waals surface area contributed by atoms with Gasteiger partial charge in [0.15, 0.2) is 0 Å². The Hall–Kier alpha value is -2.34. The summed E-state index contributed by atoms with van der Waals surface area (Å²) in [5.41, 5.74) is 0.172. The molecule has 0 saturated carbocycles. The minimum atomic E-state index is -1.46. The topological polar surface area (TPSA) is 75.6 Å². The normalized spacial score (nSPS) is 12.9. The lowest BCUT2D eigenvalue weighted by Crippen LogP contribution is -2.53. The van der Waals surface area contributed by atoms with Crippen molar-refractivity contribution in [2.45, 2.75) is 25.5 Å². The van der Waals surface area contributed by atoms with Crippen LogP contribution in [-0.4, -0.2) is 22.7 Å². The molecule has 0 heterocycles. The quantitative estimate of drug-likeness (QED) is 0.785. The van der Waals surface area contributed by atoms with Crippen LogP contribution < -0.4 is 5.32 Å². The number of ether oxygens (including phenoxy) is 1. The van der Waals surface area contributed by atoms with Gasteiger partial charge in [-0.2, -0.15) is 0 Å². The summed E-state index contributed by atoms with van der Waals surface area (Å²) in [6, 6.07) is 16.5. The Labute approximate surface area is 148 Å². The molecule has 126 valence electrons. The fraction of sp³-hybridized carbons (Fsp3) is 0.222. The van der Waals surface area contributed by atoms with E-state index in [1.165, 1.54) is 6.92 Å². The van der Waals surface area contributed by atoms with E-state index >= 15 is 0 Å². The molecule has 0 saturated heterocycles. The van der Waals surface area contributed by atoms with E-state index in [0.29, 0.717) is 0 Å². The number of aliphatic carboxylic acids is 1. The van der Waals surface area contributed by atoms with E-state index in [-0.39, 0.29) is 13.0 Å². The summed E-state index contributed by atoms with van der Waals surface area (Å²) in [6.07, 6.45) is -0.614. The van der Waals surface area contributed by atoms with E-state index in [1.54, 1.807) is 0 Å². The Bertz CT molecular complexity index is 703. The summed E-state index contributed by atoms with van der Waals surface area (Å²) in [7, 11) is 0. The Balaban J connectivity index is 1.99. The van der Waals surface area contributed by atoms with Crippen molar-refractivity contribution in [3.8, 4) is 0 Å². The van der Waals surface area contributed by atoms with Gasteiger partial charge in [0.05, 0.1) is 0 Å². The summed E-state index contributed by atoms with van der Waals surface area (Å²) in [6.45, 7) is 1.54. The first-order chi connectivity index (χ1) is 11.4. The van der Waals surface area contributed by atoms with Gasteiger partial charge in [-0.05, 0) is 30.2 Å². The van der Waals surface area contributed by atoms with Crippen LogP contribution in [-0.2, 0) is 22.6 Å². The molecule has 6 heteroatoms. The first-order valence-corrected chi connectivity index (χ1v) is 8.15. The maximum atomic E-state index is 12.0. The number of hydrogen-bond donors (Lipinski definition) is 2. The maximum absolute atomic E-state index is 12.0. The van der Waals surface area contributed by atoms with Gasteiger partial charge in [-0.1, -0.05) is 58.4 Å². The standard InChI is InChI=1S/C18H18BrNO4/c1-18(16(21)22,11-13-7-9-15(19)10-8-13)20-17(23)24-12-14-5-3-2-4-6-14/h2-10H,11-12H2,1H3,(H,20,23)(H,21,22). The summed E-state index contributed by atoms with van der Waals surface area (Å²) in [5.74, 6) is -1.12. The average molecular weight is 392 g/mol. The molecule has 0 bridgehead atoms. The summed E-state index contributed by atoms with van der Waals surface area (Å²) in [4.78, 5) is 23.6. The van der Waals surface area contributed by atoms with Crippen LogP contribution in [0.4, 0.5) is 4.79 Å². The van der Waals surface area contributed by atoms with Crippen molar-refractivity contribution in [2.24, 2.45) is 0 Å². The van der Waals surface area contributed by atoms with Gasteiger partial charge in [-0.15, -0.1) is 0 Å². The number of carbonyl (C=O) groups excluding carboxylic acids is 1. The molecular formula is C18H18BrNO4. The molecule has 0 aliphatic heterocycles. The number of amides is 1. The van der Waals surface area contributed by atoms with Gasteiger partial charge in [-0.25, -0.2) is 9.59 Å². The van der Waals surface area contributed by atoms with E-state index in [1.807, 2.05) is 54.6 Å². The van der Waals surface area contributed by atoms with Crippen molar-refractivity contribution in [3.05, 3.63) is 70.2 Å². The van der Waals surface area contributed by atoms with Crippen molar-refractivity contribution >= 4 is 28.0 Å². The summed E-state index contributed by atoms with van der Waals surface area (Å²) < 4.78 is 6.01. The molecular weight excluding hydrogens is 374 g/mol. The number of carbonyl (C=O) groups is 2. The lowest BCUT2D eigenvalue weighted by atomic mass is 9.93. The zero-order valence-corrected chi connectivity index (χ0v) is 14.7. The number of hydrogen-bond acceptors (Lipinski definition) is 3. The van der Waals surface area contributed by atoms with Crippen LogP contribution in [0.1, 0.15) is 18.1 Å². The largest absolute Gasteiger partial charge is 0.480 e. The zero-order chi connectivity index (χ0) is 17.6. The molecule has 0 aliphatic rings. The number of nitrogens with one attached hydrogen (secondary N) is 1. The first-order valence-electron chi connectivity index (χ1n) is 7.36. The monoisotopic (exact) mass is 391 g/mol. The van der Waals surface area contributed by atoms with Crippen LogP contribution in [0.3, 0.4) is 0 Å². The Morgan fingerprint density at radius 3 is 2.29 bits per heavy atom. The molecule has 2 N–H and O–H groups in total. The highest BCUT2D eigenvalue weighted by Crippen LogP contribution is 2.17. The van der Waals surface area contributed by atoms with Crippen LogP contribution in [0.5, 0.6) is 0 Å². The van der Waals surface area contributed by atoms with E-state index < -0.39 is 17.6 Å². The number of carboxylic acids is 1. The van der Waals surface area contributed by atoms with Gasteiger partial charge >= 0.3 is 12.1 Å². The average Bonchev–Trinajstić information content (AvgIpc) is 2.56.